The predicted octanol–water partition coefficient (Wildman–Crippen LogP) is 4.12. The van der Waals surface area contributed by atoms with Gasteiger partial charge in [0.25, 0.3) is 0 Å². The first-order valence-corrected chi connectivity index (χ1v) is 9.01. The van der Waals surface area contributed by atoms with Gasteiger partial charge in [0.05, 0.1) is 0 Å². The topological polar surface area (TPSA) is 46.6 Å². The molecular weight excluding hydrogens is 321 g/mol. The lowest BCUT2D eigenvalue weighted by atomic mass is 9.85. The number of carbonyl (C=O) groups is 2. The fourth-order valence-corrected chi connectivity index (χ4v) is 4.00. The van der Waals surface area contributed by atoms with Crippen LogP contribution in [-0.2, 0) is 16.0 Å². The molecule has 2 heterocycles. The summed E-state index contributed by atoms with van der Waals surface area (Å²) in [4.78, 5) is 27.0. The second kappa shape index (κ2) is 6.77. The summed E-state index contributed by atoms with van der Waals surface area (Å²) >= 11 is 0. The molecule has 0 saturated carbocycles. The monoisotopic (exact) mass is 347 g/mol. The Bertz CT molecular complexity index is 636. The Balaban J connectivity index is 1.62. The summed E-state index contributed by atoms with van der Waals surface area (Å²) < 4.78 is 18.5. The third-order valence-corrected chi connectivity index (χ3v) is 5.08. The SMILES string of the molecule is CC(C)(C)OC(=O)N1C2CCC1CC(C(=O)Cc1ccc(F)cc1)C2. The molecule has 2 aliphatic heterocycles. The zero-order valence-electron chi connectivity index (χ0n) is 15.1. The van der Waals surface area contributed by atoms with Gasteiger partial charge in [0.15, 0.2) is 0 Å². The first kappa shape index (κ1) is 17.9. The number of halogens is 1. The van der Waals surface area contributed by atoms with Gasteiger partial charge in [-0.3, -0.25) is 4.79 Å². The van der Waals surface area contributed by atoms with E-state index in [9.17, 15) is 14.0 Å². The Kier molecular flexibility index (Phi) is 4.85. The van der Waals surface area contributed by atoms with Gasteiger partial charge in [-0.25, -0.2) is 9.18 Å². The first-order valence-electron chi connectivity index (χ1n) is 9.01. The van der Waals surface area contributed by atoms with Crippen molar-refractivity contribution in [2.45, 2.75) is 70.6 Å². The van der Waals surface area contributed by atoms with E-state index in [2.05, 4.69) is 0 Å². The molecular formula is C20H26FNO3. The highest BCUT2D eigenvalue weighted by Crippen LogP contribution is 2.40. The number of benzene rings is 1. The highest BCUT2D eigenvalue weighted by molar-refractivity contribution is 5.84. The number of ether oxygens (including phenoxy) is 1. The van der Waals surface area contributed by atoms with Gasteiger partial charge in [0, 0.05) is 24.4 Å². The summed E-state index contributed by atoms with van der Waals surface area (Å²) in [6.45, 7) is 5.60. The van der Waals surface area contributed by atoms with Crippen molar-refractivity contribution in [3.63, 3.8) is 0 Å². The van der Waals surface area contributed by atoms with Crippen LogP contribution in [0.15, 0.2) is 24.3 Å². The summed E-state index contributed by atoms with van der Waals surface area (Å²) in [5.41, 5.74) is 0.333. The number of hydrogen-bond donors (Lipinski definition) is 0. The van der Waals surface area contributed by atoms with Crippen LogP contribution in [0.3, 0.4) is 0 Å². The van der Waals surface area contributed by atoms with E-state index in [0.29, 0.717) is 19.3 Å². The molecule has 0 N–H and O–H groups in total. The number of fused-ring (bicyclic) bond motifs is 2. The van der Waals surface area contributed by atoms with Crippen LogP contribution in [0.1, 0.15) is 52.0 Å². The van der Waals surface area contributed by atoms with Gasteiger partial charge in [0.1, 0.15) is 17.2 Å². The van der Waals surface area contributed by atoms with Crippen LogP contribution < -0.4 is 0 Å². The standard InChI is InChI=1S/C20H26FNO3/c1-20(2,3)25-19(24)22-16-8-9-17(22)12-14(11-16)18(23)10-13-4-6-15(21)7-5-13/h4-7,14,16-17H,8-12H2,1-3H3. The molecule has 0 spiro atoms. The minimum Gasteiger partial charge on any atom is -0.444 e. The Morgan fingerprint density at radius 1 is 1.12 bits per heavy atom. The quantitative estimate of drug-likeness (QED) is 0.826. The molecule has 3 rings (SSSR count). The molecule has 2 unspecified atom stereocenters. The lowest BCUT2D eigenvalue weighted by molar-refractivity contribution is -0.124. The van der Waals surface area contributed by atoms with Crippen molar-refractivity contribution >= 4 is 11.9 Å². The smallest absolute Gasteiger partial charge is 0.410 e. The van der Waals surface area contributed by atoms with E-state index < -0.39 is 5.60 Å². The lowest BCUT2D eigenvalue weighted by Gasteiger charge is -2.39. The van der Waals surface area contributed by atoms with Crippen molar-refractivity contribution in [3.05, 3.63) is 35.6 Å². The molecule has 25 heavy (non-hydrogen) atoms. The van der Waals surface area contributed by atoms with Gasteiger partial charge in [-0.15, -0.1) is 0 Å². The van der Waals surface area contributed by atoms with Gasteiger partial charge < -0.3 is 9.64 Å². The van der Waals surface area contributed by atoms with Gasteiger partial charge in [-0.1, -0.05) is 12.1 Å². The Morgan fingerprint density at radius 3 is 2.20 bits per heavy atom. The van der Waals surface area contributed by atoms with Crippen LogP contribution in [0, 0.1) is 11.7 Å². The third kappa shape index (κ3) is 4.20. The number of carbonyl (C=O) groups excluding carboxylic acids is 2. The van der Waals surface area contributed by atoms with Crippen molar-refractivity contribution in [1.82, 2.24) is 4.90 Å². The van der Waals surface area contributed by atoms with E-state index in [1.807, 2.05) is 25.7 Å². The average molecular weight is 347 g/mol. The number of piperidine rings is 1. The van der Waals surface area contributed by atoms with Crippen LogP contribution in [0.5, 0.6) is 0 Å². The van der Waals surface area contributed by atoms with E-state index in [-0.39, 0.29) is 35.7 Å². The van der Waals surface area contributed by atoms with Gasteiger partial charge >= 0.3 is 6.09 Å². The van der Waals surface area contributed by atoms with E-state index in [1.54, 1.807) is 12.1 Å². The van der Waals surface area contributed by atoms with Crippen molar-refractivity contribution in [1.29, 1.82) is 0 Å². The lowest BCUT2D eigenvalue weighted by Crippen LogP contribution is -2.49. The summed E-state index contributed by atoms with van der Waals surface area (Å²) in [5.74, 6) is -0.131. The molecule has 1 amide bonds. The van der Waals surface area contributed by atoms with E-state index >= 15 is 0 Å². The molecule has 0 radical (unpaired) electrons. The fourth-order valence-electron chi connectivity index (χ4n) is 4.00. The van der Waals surface area contributed by atoms with Crippen molar-refractivity contribution < 1.29 is 18.7 Å². The molecule has 2 aliphatic rings. The maximum Gasteiger partial charge on any atom is 0.410 e. The highest BCUT2D eigenvalue weighted by atomic mass is 19.1. The predicted molar refractivity (Wildman–Crippen MR) is 92.7 cm³/mol. The number of rotatable bonds is 3. The molecule has 0 aromatic heterocycles. The first-order chi connectivity index (χ1) is 11.7. The largest absolute Gasteiger partial charge is 0.444 e. The number of amides is 1. The highest BCUT2D eigenvalue weighted by Gasteiger charge is 2.46. The zero-order chi connectivity index (χ0) is 18.2. The minimum atomic E-state index is -0.508. The number of Topliss-reactive ketones (excluding diaryl/α,β-unsaturated/α-hetero) is 1. The molecule has 1 aromatic rings. The van der Waals surface area contributed by atoms with Crippen LogP contribution in [0.4, 0.5) is 9.18 Å². The normalized spacial score (nSPS) is 25.8. The van der Waals surface area contributed by atoms with Crippen molar-refractivity contribution in [2.24, 2.45) is 5.92 Å². The molecule has 2 atom stereocenters. The van der Waals surface area contributed by atoms with Crippen LogP contribution in [0.25, 0.3) is 0 Å². The molecule has 1 aromatic carbocycles. The maximum atomic E-state index is 13.0. The molecule has 0 aliphatic carbocycles. The second-order valence-corrected chi connectivity index (χ2v) is 8.21. The summed E-state index contributed by atoms with van der Waals surface area (Å²) in [7, 11) is 0. The molecule has 2 bridgehead atoms. The van der Waals surface area contributed by atoms with E-state index in [4.69, 9.17) is 4.74 Å². The number of hydrogen-bond acceptors (Lipinski definition) is 3. The van der Waals surface area contributed by atoms with Crippen molar-refractivity contribution in [2.75, 3.05) is 0 Å². The number of nitrogens with zero attached hydrogens (tertiary/aromatic N) is 1. The molecule has 136 valence electrons. The average Bonchev–Trinajstić information content (AvgIpc) is 2.78. The van der Waals surface area contributed by atoms with Gasteiger partial charge in [-0.2, -0.15) is 0 Å². The third-order valence-electron chi connectivity index (χ3n) is 5.08. The summed E-state index contributed by atoms with van der Waals surface area (Å²) in [6.07, 6.45) is 3.35. The Hall–Kier alpha value is -1.91. The number of ketones is 1. The maximum absolute atomic E-state index is 13.0. The van der Waals surface area contributed by atoms with Crippen LogP contribution in [-0.4, -0.2) is 34.5 Å². The Morgan fingerprint density at radius 2 is 1.68 bits per heavy atom. The second-order valence-electron chi connectivity index (χ2n) is 8.21. The van der Waals surface area contributed by atoms with Crippen LogP contribution in [0.2, 0.25) is 0 Å². The summed E-state index contributed by atoms with van der Waals surface area (Å²) in [5, 5.41) is 0. The van der Waals surface area contributed by atoms with Gasteiger partial charge in [0.2, 0.25) is 0 Å². The molecule has 4 nitrogen and oxygen atoms in total. The van der Waals surface area contributed by atoms with E-state index in [0.717, 1.165) is 18.4 Å². The molecule has 5 heteroatoms. The fraction of sp³-hybridized carbons (Fsp3) is 0.600. The van der Waals surface area contributed by atoms with Crippen LogP contribution >= 0.6 is 0 Å². The zero-order valence-corrected chi connectivity index (χ0v) is 15.1. The minimum absolute atomic E-state index is 0.0266. The van der Waals surface area contributed by atoms with E-state index in [1.165, 1.54) is 12.1 Å². The molecule has 2 saturated heterocycles. The Labute approximate surface area is 148 Å². The van der Waals surface area contributed by atoms with Crippen molar-refractivity contribution in [3.8, 4) is 0 Å². The summed E-state index contributed by atoms with van der Waals surface area (Å²) in [6, 6.07) is 6.29. The van der Waals surface area contributed by atoms with Gasteiger partial charge in [-0.05, 0) is 64.2 Å². The molecule has 2 fully saturated rings.